The zero-order valence-electron chi connectivity index (χ0n) is 8.67. The van der Waals surface area contributed by atoms with Gasteiger partial charge >= 0.3 is 0 Å². The minimum absolute atomic E-state index is 1.14. The van der Waals surface area contributed by atoms with Gasteiger partial charge in [-0.1, -0.05) is 50.0 Å². The summed E-state index contributed by atoms with van der Waals surface area (Å²) in [5, 5.41) is 0. The number of hydrogen-bond acceptors (Lipinski definition) is 0. The van der Waals surface area contributed by atoms with Crippen molar-refractivity contribution in [2.45, 2.75) is 57.8 Å². The van der Waals surface area contributed by atoms with E-state index in [1.54, 1.807) is 0 Å². The Labute approximate surface area is 82.7 Å². The van der Waals surface area contributed by atoms with E-state index >= 15 is 0 Å². The molecule has 0 saturated heterocycles. The van der Waals surface area contributed by atoms with Crippen LogP contribution in [-0.2, 0) is 0 Å². The Morgan fingerprint density at radius 1 is 0.462 bits per heavy atom. The third kappa shape index (κ3) is 6.62. The zero-order chi connectivity index (χ0) is 9.19. The van der Waals surface area contributed by atoms with Crippen LogP contribution in [0.5, 0.6) is 0 Å². The van der Waals surface area contributed by atoms with Gasteiger partial charge in [-0.3, -0.25) is 0 Å². The smallest absolute Gasteiger partial charge is 0.0169 e. The van der Waals surface area contributed by atoms with E-state index in [0.29, 0.717) is 0 Å². The average Bonchev–Trinajstić information content (AvgIpc) is 2.18. The number of rotatable bonds is 0. The van der Waals surface area contributed by atoms with Gasteiger partial charge in [0.05, 0.1) is 0 Å². The second-order valence-electron chi connectivity index (χ2n) is 3.88. The van der Waals surface area contributed by atoms with Crippen LogP contribution in [0.2, 0.25) is 0 Å². The lowest BCUT2D eigenvalue weighted by Gasteiger charge is -1.98. The van der Waals surface area contributed by atoms with E-state index in [-0.39, 0.29) is 0 Å². The molecule has 0 nitrogen and oxygen atoms in total. The largest absolute Gasteiger partial charge is 0.0882 e. The summed E-state index contributed by atoms with van der Waals surface area (Å²) in [6.07, 6.45) is 21.5. The predicted molar refractivity (Wildman–Crippen MR) is 59.8 cm³/mol. The van der Waals surface area contributed by atoms with Crippen LogP contribution in [0.1, 0.15) is 57.8 Å². The SMILES string of the molecule is C1=C\CCCCCCCC/C=C/C/1. The lowest BCUT2D eigenvalue weighted by molar-refractivity contribution is 0.600. The molecule has 74 valence electrons. The highest BCUT2D eigenvalue weighted by atomic mass is 14.0. The first kappa shape index (κ1) is 10.6. The Balaban J connectivity index is 2.18. The Hall–Kier alpha value is -0.520. The fourth-order valence-electron chi connectivity index (χ4n) is 1.74. The van der Waals surface area contributed by atoms with Crippen molar-refractivity contribution in [3.63, 3.8) is 0 Å². The van der Waals surface area contributed by atoms with Crippen molar-refractivity contribution in [1.82, 2.24) is 0 Å². The Morgan fingerprint density at radius 3 is 1.46 bits per heavy atom. The van der Waals surface area contributed by atoms with E-state index in [4.69, 9.17) is 0 Å². The third-order valence-electron chi connectivity index (χ3n) is 2.60. The van der Waals surface area contributed by atoms with E-state index in [9.17, 15) is 0 Å². The van der Waals surface area contributed by atoms with Gasteiger partial charge in [0.15, 0.2) is 0 Å². The van der Waals surface area contributed by atoms with E-state index in [0.717, 1.165) is 6.42 Å². The van der Waals surface area contributed by atoms with Crippen LogP contribution < -0.4 is 0 Å². The molecule has 1 aliphatic carbocycles. The number of hydrogen-bond donors (Lipinski definition) is 0. The maximum Gasteiger partial charge on any atom is -0.0169 e. The van der Waals surface area contributed by atoms with Crippen LogP contribution in [0.15, 0.2) is 24.3 Å². The molecule has 0 bridgehead atoms. The highest BCUT2D eigenvalue weighted by Crippen LogP contribution is 2.10. The molecule has 0 fully saturated rings. The summed E-state index contributed by atoms with van der Waals surface area (Å²) in [6.45, 7) is 0. The minimum Gasteiger partial charge on any atom is -0.0882 e. The second kappa shape index (κ2) is 8.10. The molecule has 0 aliphatic heterocycles. The molecule has 0 radical (unpaired) electrons. The summed E-state index contributed by atoms with van der Waals surface area (Å²) >= 11 is 0. The summed E-state index contributed by atoms with van der Waals surface area (Å²) in [7, 11) is 0. The topological polar surface area (TPSA) is 0 Å². The fraction of sp³-hybridized carbons (Fsp3) is 0.692. The normalized spacial score (nSPS) is 26.5. The van der Waals surface area contributed by atoms with Crippen LogP contribution in [0.25, 0.3) is 0 Å². The highest BCUT2D eigenvalue weighted by molar-refractivity contribution is 4.92. The van der Waals surface area contributed by atoms with Crippen molar-refractivity contribution in [2.75, 3.05) is 0 Å². The summed E-state index contributed by atoms with van der Waals surface area (Å²) in [5.41, 5.74) is 0. The minimum atomic E-state index is 1.14. The van der Waals surface area contributed by atoms with Gasteiger partial charge in [-0.15, -0.1) is 0 Å². The van der Waals surface area contributed by atoms with Crippen molar-refractivity contribution < 1.29 is 0 Å². The van der Waals surface area contributed by atoms with Crippen molar-refractivity contribution in [3.8, 4) is 0 Å². The lowest BCUT2D eigenvalue weighted by atomic mass is 10.1. The van der Waals surface area contributed by atoms with E-state index in [1.165, 1.54) is 51.4 Å². The molecule has 0 amide bonds. The first-order valence-electron chi connectivity index (χ1n) is 5.80. The van der Waals surface area contributed by atoms with Crippen LogP contribution >= 0.6 is 0 Å². The standard InChI is InChI=1S/C13H22/c1-2-4-6-8-10-12-13-11-9-7-5-3-1/h1-2,5,7H,3-4,6,8-13H2/b2-1-,7-5+. The van der Waals surface area contributed by atoms with Crippen LogP contribution in [0, 0.1) is 0 Å². The van der Waals surface area contributed by atoms with Gasteiger partial charge in [-0.2, -0.15) is 0 Å². The predicted octanol–water partition coefficient (Wildman–Crippen LogP) is 4.62. The lowest BCUT2D eigenvalue weighted by Crippen LogP contribution is -1.78. The summed E-state index contributed by atoms with van der Waals surface area (Å²) in [6, 6.07) is 0. The summed E-state index contributed by atoms with van der Waals surface area (Å²) < 4.78 is 0. The van der Waals surface area contributed by atoms with Crippen LogP contribution in [0.3, 0.4) is 0 Å². The maximum absolute atomic E-state index is 2.34. The van der Waals surface area contributed by atoms with Gasteiger partial charge < -0.3 is 0 Å². The summed E-state index contributed by atoms with van der Waals surface area (Å²) in [4.78, 5) is 0. The molecule has 13 heavy (non-hydrogen) atoms. The molecule has 0 aromatic rings. The third-order valence-corrected chi connectivity index (χ3v) is 2.60. The summed E-state index contributed by atoms with van der Waals surface area (Å²) in [5.74, 6) is 0. The highest BCUT2D eigenvalue weighted by Gasteiger charge is 1.90. The van der Waals surface area contributed by atoms with Gasteiger partial charge in [-0.25, -0.2) is 0 Å². The van der Waals surface area contributed by atoms with Crippen molar-refractivity contribution in [3.05, 3.63) is 24.3 Å². The van der Waals surface area contributed by atoms with Gasteiger partial charge in [0.25, 0.3) is 0 Å². The van der Waals surface area contributed by atoms with E-state index in [2.05, 4.69) is 24.3 Å². The van der Waals surface area contributed by atoms with Crippen molar-refractivity contribution in [2.24, 2.45) is 0 Å². The average molecular weight is 178 g/mol. The Kier molecular flexibility index (Phi) is 6.58. The first-order valence-corrected chi connectivity index (χ1v) is 5.80. The molecular weight excluding hydrogens is 156 g/mol. The van der Waals surface area contributed by atoms with Crippen molar-refractivity contribution in [1.29, 1.82) is 0 Å². The quantitative estimate of drug-likeness (QED) is 0.475. The van der Waals surface area contributed by atoms with Crippen molar-refractivity contribution >= 4 is 0 Å². The molecule has 0 heterocycles. The van der Waals surface area contributed by atoms with Crippen LogP contribution in [-0.4, -0.2) is 0 Å². The molecule has 1 rings (SSSR count). The monoisotopic (exact) mass is 178 g/mol. The second-order valence-corrected chi connectivity index (χ2v) is 3.88. The first-order chi connectivity index (χ1) is 6.50. The van der Waals surface area contributed by atoms with Gasteiger partial charge in [0, 0.05) is 0 Å². The Bertz CT molecular complexity index is 135. The number of allylic oxidation sites excluding steroid dienone is 4. The van der Waals surface area contributed by atoms with E-state index in [1.807, 2.05) is 0 Å². The molecule has 0 atom stereocenters. The molecule has 0 aromatic heterocycles. The van der Waals surface area contributed by atoms with Gasteiger partial charge in [0.2, 0.25) is 0 Å². The molecule has 1 aliphatic rings. The van der Waals surface area contributed by atoms with E-state index < -0.39 is 0 Å². The molecular formula is C13H22. The molecule has 0 N–H and O–H groups in total. The molecule has 0 heteroatoms. The maximum atomic E-state index is 2.34. The zero-order valence-corrected chi connectivity index (χ0v) is 8.67. The van der Waals surface area contributed by atoms with Gasteiger partial charge in [-0.05, 0) is 32.1 Å². The molecule has 0 unspecified atom stereocenters. The Morgan fingerprint density at radius 2 is 0.923 bits per heavy atom. The van der Waals surface area contributed by atoms with Crippen LogP contribution in [0.4, 0.5) is 0 Å². The molecule has 0 saturated carbocycles. The van der Waals surface area contributed by atoms with Gasteiger partial charge in [0.1, 0.15) is 0 Å². The molecule has 0 aromatic carbocycles. The molecule has 0 spiro atoms. The fourth-order valence-corrected chi connectivity index (χ4v) is 1.74.